The first kappa shape index (κ1) is 12.6. The van der Waals surface area contributed by atoms with Crippen molar-refractivity contribution in [2.75, 3.05) is 19.6 Å². The van der Waals surface area contributed by atoms with E-state index >= 15 is 0 Å². The number of nitrogens with one attached hydrogen (secondary N) is 1. The van der Waals surface area contributed by atoms with E-state index in [1.54, 1.807) is 11.3 Å². The van der Waals surface area contributed by atoms with Crippen LogP contribution in [-0.2, 0) is 0 Å². The number of nitrogens with zero attached hydrogens (tertiary/aromatic N) is 2. The number of piperidine rings is 1. The van der Waals surface area contributed by atoms with Crippen molar-refractivity contribution in [2.24, 2.45) is 0 Å². The lowest BCUT2D eigenvalue weighted by Crippen LogP contribution is -2.43. The molecular formula is C13H19N3S. The normalized spacial score (nSPS) is 20.0. The van der Waals surface area contributed by atoms with Crippen LogP contribution in [0.25, 0.3) is 0 Å². The predicted molar refractivity (Wildman–Crippen MR) is 72.0 cm³/mol. The maximum absolute atomic E-state index is 5.32. The second-order valence-electron chi connectivity index (χ2n) is 4.51. The third-order valence-electron chi connectivity index (χ3n) is 3.21. The quantitative estimate of drug-likeness (QED) is 0.826. The molecule has 1 aliphatic heterocycles. The lowest BCUT2D eigenvalue weighted by molar-refractivity contribution is 0.211. The zero-order chi connectivity index (χ0) is 12.1. The van der Waals surface area contributed by atoms with Crippen LogP contribution in [0, 0.1) is 12.3 Å². The molecule has 2 rings (SSSR count). The molecule has 0 saturated carbocycles. The lowest BCUT2D eigenvalue weighted by Gasteiger charge is -2.32. The van der Waals surface area contributed by atoms with Crippen molar-refractivity contribution in [3.8, 4) is 12.3 Å². The summed E-state index contributed by atoms with van der Waals surface area (Å²) in [7, 11) is 0. The van der Waals surface area contributed by atoms with Crippen LogP contribution in [0.5, 0.6) is 0 Å². The topological polar surface area (TPSA) is 28.2 Å². The van der Waals surface area contributed by atoms with Gasteiger partial charge in [0.05, 0.1) is 12.6 Å². The molecular weight excluding hydrogens is 230 g/mol. The molecule has 1 fully saturated rings. The summed E-state index contributed by atoms with van der Waals surface area (Å²) in [6.07, 6.45) is 9.55. The number of hydrogen-bond acceptors (Lipinski definition) is 4. The zero-order valence-electron chi connectivity index (χ0n) is 10.2. The Labute approximate surface area is 107 Å². The second kappa shape index (κ2) is 6.15. The van der Waals surface area contributed by atoms with Crippen molar-refractivity contribution < 1.29 is 0 Å². The summed E-state index contributed by atoms with van der Waals surface area (Å²) < 4.78 is 0. The van der Waals surface area contributed by atoms with Gasteiger partial charge in [-0.3, -0.25) is 4.90 Å². The second-order valence-corrected chi connectivity index (χ2v) is 5.44. The van der Waals surface area contributed by atoms with Gasteiger partial charge in [-0.1, -0.05) is 5.92 Å². The van der Waals surface area contributed by atoms with Crippen molar-refractivity contribution in [1.29, 1.82) is 0 Å². The van der Waals surface area contributed by atoms with E-state index in [0.29, 0.717) is 12.1 Å². The van der Waals surface area contributed by atoms with E-state index in [2.05, 4.69) is 28.0 Å². The molecule has 1 aromatic heterocycles. The van der Waals surface area contributed by atoms with Gasteiger partial charge >= 0.3 is 0 Å². The predicted octanol–water partition coefficient (Wildman–Crippen LogP) is 1.89. The van der Waals surface area contributed by atoms with Gasteiger partial charge in [0.1, 0.15) is 5.01 Å². The molecule has 0 aromatic carbocycles. The summed E-state index contributed by atoms with van der Waals surface area (Å²) in [4.78, 5) is 6.68. The molecule has 2 heterocycles. The molecule has 0 amide bonds. The van der Waals surface area contributed by atoms with Crippen LogP contribution in [-0.4, -0.2) is 35.6 Å². The fourth-order valence-electron chi connectivity index (χ4n) is 2.26. The van der Waals surface area contributed by atoms with E-state index in [4.69, 9.17) is 6.42 Å². The van der Waals surface area contributed by atoms with Gasteiger partial charge in [0.2, 0.25) is 0 Å². The minimum absolute atomic E-state index is 0.360. The lowest BCUT2D eigenvalue weighted by atomic mass is 10.0. The molecule has 1 N–H and O–H groups in total. The highest BCUT2D eigenvalue weighted by molar-refractivity contribution is 7.09. The van der Waals surface area contributed by atoms with Crippen LogP contribution in [0.4, 0.5) is 0 Å². The number of rotatable bonds is 4. The molecule has 4 heteroatoms. The fourth-order valence-corrected chi connectivity index (χ4v) is 2.92. The van der Waals surface area contributed by atoms with Crippen molar-refractivity contribution >= 4 is 11.3 Å². The molecule has 1 saturated heterocycles. The Balaban J connectivity index is 1.77. The van der Waals surface area contributed by atoms with Gasteiger partial charge in [0.25, 0.3) is 0 Å². The van der Waals surface area contributed by atoms with E-state index in [9.17, 15) is 0 Å². The summed E-state index contributed by atoms with van der Waals surface area (Å²) in [5, 5.41) is 6.86. The Bertz CT molecular complexity index is 361. The molecule has 17 heavy (non-hydrogen) atoms. The number of likely N-dealkylation sites (tertiary alicyclic amines) is 1. The van der Waals surface area contributed by atoms with Crippen molar-refractivity contribution in [3.63, 3.8) is 0 Å². The summed E-state index contributed by atoms with van der Waals surface area (Å²) in [6.45, 7) is 5.18. The number of hydrogen-bond donors (Lipinski definition) is 1. The Morgan fingerprint density at radius 1 is 1.65 bits per heavy atom. The summed E-state index contributed by atoms with van der Waals surface area (Å²) in [5.74, 6) is 2.71. The standard InChI is InChI=1S/C13H19N3S/c1-3-7-16-8-4-12(5-9-16)15-11(2)13-14-6-10-17-13/h1,6,10-12,15H,4-5,7-9H2,2H3. The molecule has 1 unspecified atom stereocenters. The third kappa shape index (κ3) is 3.53. The maximum atomic E-state index is 5.32. The van der Waals surface area contributed by atoms with Gasteiger partial charge in [-0.15, -0.1) is 17.8 Å². The highest BCUT2D eigenvalue weighted by Crippen LogP contribution is 2.18. The maximum Gasteiger partial charge on any atom is 0.109 e. The first-order valence-electron chi connectivity index (χ1n) is 6.11. The van der Waals surface area contributed by atoms with Crippen molar-refractivity contribution in [2.45, 2.75) is 31.8 Å². The summed E-state index contributed by atoms with van der Waals surface area (Å²) in [6, 6.07) is 0.960. The molecule has 0 aliphatic carbocycles. The minimum atomic E-state index is 0.360. The molecule has 3 nitrogen and oxygen atoms in total. The molecule has 0 spiro atoms. The van der Waals surface area contributed by atoms with Gasteiger partial charge in [-0.25, -0.2) is 4.98 Å². The van der Waals surface area contributed by atoms with E-state index in [1.165, 1.54) is 17.8 Å². The van der Waals surface area contributed by atoms with Gasteiger partial charge in [-0.05, 0) is 19.8 Å². The molecule has 1 atom stereocenters. The monoisotopic (exact) mass is 249 g/mol. The Hall–Kier alpha value is -0.890. The summed E-state index contributed by atoms with van der Waals surface area (Å²) >= 11 is 1.72. The largest absolute Gasteiger partial charge is 0.305 e. The average Bonchev–Trinajstić information content (AvgIpc) is 2.86. The van der Waals surface area contributed by atoms with Gasteiger partial charge in [-0.2, -0.15) is 0 Å². The van der Waals surface area contributed by atoms with E-state index in [-0.39, 0.29) is 0 Å². The number of thiazole rings is 1. The Kier molecular flexibility index (Phi) is 4.55. The molecule has 92 valence electrons. The SMILES string of the molecule is C#CCN1CCC(NC(C)c2nccs2)CC1. The third-order valence-corrected chi connectivity index (χ3v) is 4.17. The molecule has 1 aromatic rings. The number of aromatic nitrogens is 1. The van der Waals surface area contributed by atoms with E-state index < -0.39 is 0 Å². The summed E-state index contributed by atoms with van der Waals surface area (Å²) in [5.41, 5.74) is 0. The van der Waals surface area contributed by atoms with Gasteiger partial charge < -0.3 is 5.32 Å². The van der Waals surface area contributed by atoms with Crippen LogP contribution in [0.3, 0.4) is 0 Å². The van der Waals surface area contributed by atoms with E-state index in [1.807, 2.05) is 11.6 Å². The Morgan fingerprint density at radius 2 is 2.41 bits per heavy atom. The van der Waals surface area contributed by atoms with Crippen LogP contribution in [0.2, 0.25) is 0 Å². The Morgan fingerprint density at radius 3 is 3.00 bits per heavy atom. The van der Waals surface area contributed by atoms with E-state index in [0.717, 1.165) is 19.6 Å². The van der Waals surface area contributed by atoms with Crippen LogP contribution in [0.1, 0.15) is 30.8 Å². The molecule has 1 aliphatic rings. The van der Waals surface area contributed by atoms with Gasteiger partial charge in [0.15, 0.2) is 0 Å². The zero-order valence-corrected chi connectivity index (χ0v) is 11.0. The van der Waals surface area contributed by atoms with Crippen LogP contribution in [0.15, 0.2) is 11.6 Å². The number of terminal acetylenes is 1. The highest BCUT2D eigenvalue weighted by atomic mass is 32.1. The first-order chi connectivity index (χ1) is 8.29. The van der Waals surface area contributed by atoms with Crippen molar-refractivity contribution in [3.05, 3.63) is 16.6 Å². The fraction of sp³-hybridized carbons (Fsp3) is 0.615. The van der Waals surface area contributed by atoms with Crippen LogP contribution < -0.4 is 5.32 Å². The highest BCUT2D eigenvalue weighted by Gasteiger charge is 2.20. The first-order valence-corrected chi connectivity index (χ1v) is 6.99. The average molecular weight is 249 g/mol. The minimum Gasteiger partial charge on any atom is -0.305 e. The van der Waals surface area contributed by atoms with Gasteiger partial charge in [0, 0.05) is 30.7 Å². The molecule has 0 radical (unpaired) electrons. The molecule has 0 bridgehead atoms. The van der Waals surface area contributed by atoms with Crippen LogP contribution >= 0.6 is 11.3 Å². The van der Waals surface area contributed by atoms with Crippen molar-refractivity contribution in [1.82, 2.24) is 15.2 Å². The smallest absolute Gasteiger partial charge is 0.109 e.